The summed E-state index contributed by atoms with van der Waals surface area (Å²) in [5, 5.41) is 7.58. The summed E-state index contributed by atoms with van der Waals surface area (Å²) in [7, 11) is 0. The van der Waals surface area contributed by atoms with Crippen molar-refractivity contribution in [2.75, 3.05) is 5.32 Å². The van der Waals surface area contributed by atoms with E-state index in [4.69, 9.17) is 11.6 Å². The first-order chi connectivity index (χ1) is 9.74. The van der Waals surface area contributed by atoms with Crippen molar-refractivity contribution in [3.05, 3.63) is 41.3 Å². The molecule has 1 saturated carbocycles. The summed E-state index contributed by atoms with van der Waals surface area (Å²) >= 11 is 5.71. The molecule has 2 aromatic heterocycles. The van der Waals surface area contributed by atoms with Crippen molar-refractivity contribution in [3.8, 4) is 0 Å². The first-order valence-electron chi connectivity index (χ1n) is 6.70. The van der Waals surface area contributed by atoms with Crippen molar-refractivity contribution in [2.24, 2.45) is 0 Å². The van der Waals surface area contributed by atoms with Gasteiger partial charge in [0.2, 0.25) is 0 Å². The van der Waals surface area contributed by atoms with Crippen molar-refractivity contribution in [1.82, 2.24) is 14.8 Å². The van der Waals surface area contributed by atoms with E-state index in [-0.39, 0.29) is 5.91 Å². The third-order valence-electron chi connectivity index (χ3n) is 3.57. The molecule has 6 heteroatoms. The van der Waals surface area contributed by atoms with Crippen LogP contribution in [-0.4, -0.2) is 20.7 Å². The third-order valence-corrected chi connectivity index (χ3v) is 3.80. The Labute approximate surface area is 122 Å². The van der Waals surface area contributed by atoms with Gasteiger partial charge in [-0.25, -0.2) is 9.67 Å². The first-order valence-corrected chi connectivity index (χ1v) is 7.08. The van der Waals surface area contributed by atoms with Gasteiger partial charge in [-0.05, 0) is 25.0 Å². The molecule has 0 bridgehead atoms. The molecule has 1 aliphatic carbocycles. The average molecular weight is 291 g/mol. The van der Waals surface area contributed by atoms with Gasteiger partial charge in [-0.1, -0.05) is 24.4 Å². The highest BCUT2D eigenvalue weighted by Crippen LogP contribution is 2.31. The van der Waals surface area contributed by atoms with E-state index < -0.39 is 0 Å². The Balaban J connectivity index is 1.76. The van der Waals surface area contributed by atoms with Crippen LogP contribution in [0.25, 0.3) is 0 Å². The van der Waals surface area contributed by atoms with Crippen LogP contribution in [0.5, 0.6) is 0 Å². The molecule has 0 radical (unpaired) electrons. The molecule has 1 fully saturated rings. The fraction of sp³-hybridized carbons (Fsp3) is 0.357. The summed E-state index contributed by atoms with van der Waals surface area (Å²) in [6, 6.07) is 5.47. The molecule has 1 amide bonds. The molecule has 0 aliphatic heterocycles. The molecule has 104 valence electrons. The standard InChI is InChI=1S/C14H15ClN4O/c15-12-6-5-10(9-16-12)14(20)18-13-7-8-17-19(13)11-3-1-2-4-11/h5-9,11H,1-4H2,(H,18,20). The minimum atomic E-state index is -0.200. The number of halogens is 1. The van der Waals surface area contributed by atoms with Gasteiger partial charge in [-0.3, -0.25) is 4.79 Å². The monoisotopic (exact) mass is 290 g/mol. The van der Waals surface area contributed by atoms with E-state index in [1.54, 1.807) is 18.3 Å². The van der Waals surface area contributed by atoms with Crippen LogP contribution in [0.15, 0.2) is 30.6 Å². The quantitative estimate of drug-likeness (QED) is 0.882. The van der Waals surface area contributed by atoms with E-state index in [1.807, 2.05) is 10.7 Å². The van der Waals surface area contributed by atoms with Gasteiger partial charge >= 0.3 is 0 Å². The molecular weight excluding hydrogens is 276 g/mol. The molecule has 1 aliphatic rings. The van der Waals surface area contributed by atoms with Gasteiger partial charge < -0.3 is 5.32 Å². The predicted molar refractivity (Wildman–Crippen MR) is 76.9 cm³/mol. The number of hydrogen-bond acceptors (Lipinski definition) is 3. The van der Waals surface area contributed by atoms with Crippen LogP contribution < -0.4 is 5.32 Å². The van der Waals surface area contributed by atoms with Crippen LogP contribution in [-0.2, 0) is 0 Å². The number of hydrogen-bond donors (Lipinski definition) is 1. The Morgan fingerprint density at radius 1 is 1.30 bits per heavy atom. The number of anilines is 1. The molecular formula is C14H15ClN4O. The lowest BCUT2D eigenvalue weighted by Gasteiger charge is -2.14. The van der Waals surface area contributed by atoms with E-state index in [9.17, 15) is 4.79 Å². The topological polar surface area (TPSA) is 59.8 Å². The number of nitrogens with zero attached hydrogens (tertiary/aromatic N) is 3. The van der Waals surface area contributed by atoms with Crippen LogP contribution in [0, 0.1) is 0 Å². The van der Waals surface area contributed by atoms with E-state index in [0.717, 1.165) is 18.7 Å². The minimum Gasteiger partial charge on any atom is -0.307 e. The van der Waals surface area contributed by atoms with Crippen LogP contribution >= 0.6 is 11.6 Å². The van der Waals surface area contributed by atoms with Gasteiger partial charge in [0.05, 0.1) is 17.8 Å². The number of pyridine rings is 1. The van der Waals surface area contributed by atoms with Crippen molar-refractivity contribution in [2.45, 2.75) is 31.7 Å². The van der Waals surface area contributed by atoms with Gasteiger partial charge in [0, 0.05) is 12.3 Å². The summed E-state index contributed by atoms with van der Waals surface area (Å²) in [6.07, 6.45) is 7.86. The van der Waals surface area contributed by atoms with Gasteiger partial charge in [0.25, 0.3) is 5.91 Å². The normalized spacial score (nSPS) is 15.4. The molecule has 5 nitrogen and oxygen atoms in total. The predicted octanol–water partition coefficient (Wildman–Crippen LogP) is 3.30. The number of amides is 1. The SMILES string of the molecule is O=C(Nc1ccnn1C1CCCC1)c1ccc(Cl)nc1. The number of carbonyl (C=O) groups excluding carboxylic acids is 1. The fourth-order valence-corrected chi connectivity index (χ4v) is 2.66. The Morgan fingerprint density at radius 3 is 2.80 bits per heavy atom. The highest BCUT2D eigenvalue weighted by Gasteiger charge is 2.20. The molecule has 0 spiro atoms. The van der Waals surface area contributed by atoms with Crippen LogP contribution in [0.2, 0.25) is 5.15 Å². The van der Waals surface area contributed by atoms with Crippen molar-refractivity contribution in [3.63, 3.8) is 0 Å². The fourth-order valence-electron chi connectivity index (χ4n) is 2.55. The number of rotatable bonds is 3. The van der Waals surface area contributed by atoms with Gasteiger partial charge in [-0.2, -0.15) is 5.10 Å². The second-order valence-corrected chi connectivity index (χ2v) is 5.31. The molecule has 0 unspecified atom stereocenters. The highest BCUT2D eigenvalue weighted by molar-refractivity contribution is 6.29. The lowest BCUT2D eigenvalue weighted by atomic mass is 10.2. The molecule has 0 atom stereocenters. The zero-order chi connectivity index (χ0) is 13.9. The maximum Gasteiger partial charge on any atom is 0.258 e. The maximum absolute atomic E-state index is 12.2. The zero-order valence-corrected chi connectivity index (χ0v) is 11.7. The Morgan fingerprint density at radius 2 is 2.10 bits per heavy atom. The second-order valence-electron chi connectivity index (χ2n) is 4.92. The molecule has 2 heterocycles. The van der Waals surface area contributed by atoms with Crippen LogP contribution in [0.3, 0.4) is 0 Å². The largest absolute Gasteiger partial charge is 0.307 e. The summed E-state index contributed by atoms with van der Waals surface area (Å²) in [5.41, 5.74) is 0.480. The van der Waals surface area contributed by atoms with Gasteiger partial charge in [0.15, 0.2) is 0 Å². The van der Waals surface area contributed by atoms with Crippen LogP contribution in [0.1, 0.15) is 42.1 Å². The molecule has 3 rings (SSSR count). The minimum absolute atomic E-state index is 0.200. The van der Waals surface area contributed by atoms with E-state index >= 15 is 0 Å². The Kier molecular flexibility index (Phi) is 3.69. The molecule has 2 aromatic rings. The number of carbonyl (C=O) groups is 1. The van der Waals surface area contributed by atoms with Gasteiger partial charge in [0.1, 0.15) is 11.0 Å². The molecule has 1 N–H and O–H groups in total. The van der Waals surface area contributed by atoms with Crippen molar-refractivity contribution in [1.29, 1.82) is 0 Å². The summed E-state index contributed by atoms with van der Waals surface area (Å²) in [4.78, 5) is 16.1. The van der Waals surface area contributed by atoms with E-state index in [1.165, 1.54) is 19.0 Å². The number of nitrogens with one attached hydrogen (secondary N) is 1. The van der Waals surface area contributed by atoms with Crippen molar-refractivity contribution >= 4 is 23.3 Å². The second kappa shape index (κ2) is 5.63. The average Bonchev–Trinajstić information content (AvgIpc) is 3.09. The van der Waals surface area contributed by atoms with Gasteiger partial charge in [-0.15, -0.1) is 0 Å². The van der Waals surface area contributed by atoms with E-state index in [2.05, 4.69) is 15.4 Å². The summed E-state index contributed by atoms with van der Waals surface area (Å²) in [6.45, 7) is 0. The van der Waals surface area contributed by atoms with E-state index in [0.29, 0.717) is 16.8 Å². The summed E-state index contributed by atoms with van der Waals surface area (Å²) < 4.78 is 1.91. The molecule has 0 saturated heterocycles. The Hall–Kier alpha value is -1.88. The van der Waals surface area contributed by atoms with Crippen LogP contribution in [0.4, 0.5) is 5.82 Å². The van der Waals surface area contributed by atoms with Crippen molar-refractivity contribution < 1.29 is 4.79 Å². The number of aromatic nitrogens is 3. The highest BCUT2D eigenvalue weighted by atomic mass is 35.5. The maximum atomic E-state index is 12.2. The third kappa shape index (κ3) is 2.67. The molecule has 20 heavy (non-hydrogen) atoms. The molecule has 0 aromatic carbocycles. The Bertz CT molecular complexity index is 602. The zero-order valence-electron chi connectivity index (χ0n) is 10.9. The first kappa shape index (κ1) is 13.1. The lowest BCUT2D eigenvalue weighted by Crippen LogP contribution is -2.17. The summed E-state index contributed by atoms with van der Waals surface area (Å²) in [5.74, 6) is 0.533. The lowest BCUT2D eigenvalue weighted by molar-refractivity contribution is 0.102. The smallest absolute Gasteiger partial charge is 0.258 e.